The zero-order valence-corrected chi connectivity index (χ0v) is 33.9. The number of aromatic nitrogens is 5. The number of para-hydroxylation sites is 2. The number of benzene rings is 7. The van der Waals surface area contributed by atoms with E-state index in [1.54, 1.807) is 0 Å². The SMILES string of the molecule is c1ccc(-c2cc(-c3ccccc3)nc(-n3c4ccccc4c4cc(-c5ccc6c(c5)c5ccccc5n6-c5cncc(-c6ccc7oc8cccnc8c7c6)c5)ccc43)c2)cc1. The Kier molecular flexibility index (Phi) is 7.80. The lowest BCUT2D eigenvalue weighted by molar-refractivity contribution is 0.668. The summed E-state index contributed by atoms with van der Waals surface area (Å²) in [7, 11) is 0. The number of hydrogen-bond donors (Lipinski definition) is 0. The first-order chi connectivity index (χ1) is 31.2. The third-order valence-corrected chi connectivity index (χ3v) is 12.4. The Morgan fingerprint density at radius 2 is 0.968 bits per heavy atom. The Hall–Kier alpha value is -8.61. The highest BCUT2D eigenvalue weighted by Crippen LogP contribution is 2.40. The molecule has 6 nitrogen and oxygen atoms in total. The van der Waals surface area contributed by atoms with Crippen LogP contribution in [-0.4, -0.2) is 24.1 Å². The molecule has 6 aromatic heterocycles. The highest BCUT2D eigenvalue weighted by molar-refractivity contribution is 6.13. The largest absolute Gasteiger partial charge is 0.454 e. The number of hydrogen-bond acceptors (Lipinski definition) is 4. The molecule has 6 heterocycles. The fraction of sp³-hybridized carbons (Fsp3) is 0. The van der Waals surface area contributed by atoms with Crippen LogP contribution in [-0.2, 0) is 0 Å². The fourth-order valence-corrected chi connectivity index (χ4v) is 9.50. The minimum absolute atomic E-state index is 0.785. The van der Waals surface area contributed by atoms with Crippen LogP contribution in [0.1, 0.15) is 0 Å². The Morgan fingerprint density at radius 3 is 1.71 bits per heavy atom. The van der Waals surface area contributed by atoms with E-state index in [4.69, 9.17) is 14.4 Å². The fourth-order valence-electron chi connectivity index (χ4n) is 9.50. The van der Waals surface area contributed by atoms with Crippen molar-refractivity contribution in [3.8, 4) is 56.1 Å². The minimum Gasteiger partial charge on any atom is -0.454 e. The molecule has 0 unspecified atom stereocenters. The zero-order valence-electron chi connectivity index (χ0n) is 33.9. The summed E-state index contributed by atoms with van der Waals surface area (Å²) < 4.78 is 10.7. The van der Waals surface area contributed by atoms with Crippen molar-refractivity contribution in [1.29, 1.82) is 0 Å². The molecule has 0 bridgehead atoms. The summed E-state index contributed by atoms with van der Waals surface area (Å²) in [5.74, 6) is 0.884. The predicted octanol–water partition coefficient (Wildman–Crippen LogP) is 14.6. The molecule has 0 amide bonds. The van der Waals surface area contributed by atoms with Crippen LogP contribution < -0.4 is 0 Å². The maximum absolute atomic E-state index is 6.07. The molecule has 0 spiro atoms. The van der Waals surface area contributed by atoms with Crippen molar-refractivity contribution in [3.63, 3.8) is 0 Å². The Labute approximate surface area is 361 Å². The molecule has 7 aromatic carbocycles. The number of nitrogens with zero attached hydrogens (tertiary/aromatic N) is 5. The average molecular weight is 806 g/mol. The van der Waals surface area contributed by atoms with E-state index in [1.807, 2.05) is 42.9 Å². The van der Waals surface area contributed by atoms with Gasteiger partial charge in [0.15, 0.2) is 5.58 Å². The van der Waals surface area contributed by atoms with Crippen molar-refractivity contribution in [3.05, 3.63) is 213 Å². The van der Waals surface area contributed by atoms with Crippen LogP contribution in [0.25, 0.3) is 122 Å². The van der Waals surface area contributed by atoms with Gasteiger partial charge in [-0.15, -0.1) is 0 Å². The van der Waals surface area contributed by atoms with Gasteiger partial charge in [-0.25, -0.2) is 4.98 Å². The molecule has 0 aliphatic carbocycles. The second-order valence-corrected chi connectivity index (χ2v) is 16.1. The highest BCUT2D eigenvalue weighted by Gasteiger charge is 2.19. The van der Waals surface area contributed by atoms with Gasteiger partial charge in [-0.05, 0) is 107 Å². The topological polar surface area (TPSA) is 61.7 Å². The van der Waals surface area contributed by atoms with Gasteiger partial charge in [0, 0.05) is 50.5 Å². The first kappa shape index (κ1) is 35.2. The summed E-state index contributed by atoms with van der Waals surface area (Å²) in [5.41, 5.74) is 16.6. The monoisotopic (exact) mass is 805 g/mol. The van der Waals surface area contributed by atoms with Gasteiger partial charge >= 0.3 is 0 Å². The molecule has 63 heavy (non-hydrogen) atoms. The van der Waals surface area contributed by atoms with Crippen LogP contribution in [0.4, 0.5) is 0 Å². The van der Waals surface area contributed by atoms with E-state index in [0.717, 1.165) is 100 Å². The van der Waals surface area contributed by atoms with Gasteiger partial charge in [0.05, 0.1) is 39.6 Å². The lowest BCUT2D eigenvalue weighted by Crippen LogP contribution is -2.00. The van der Waals surface area contributed by atoms with Crippen molar-refractivity contribution >= 4 is 65.7 Å². The Balaban J connectivity index is 0.938. The third kappa shape index (κ3) is 5.69. The second kappa shape index (κ2) is 14.0. The number of furan rings is 1. The Bertz CT molecular complexity index is 3860. The van der Waals surface area contributed by atoms with Crippen molar-refractivity contribution in [1.82, 2.24) is 24.1 Å². The molecule has 0 N–H and O–H groups in total. The molecule has 0 aliphatic heterocycles. The van der Waals surface area contributed by atoms with Crippen molar-refractivity contribution in [2.24, 2.45) is 0 Å². The van der Waals surface area contributed by atoms with E-state index >= 15 is 0 Å². The molecule has 0 aliphatic rings. The summed E-state index contributed by atoms with van der Waals surface area (Å²) in [6.07, 6.45) is 5.69. The number of fused-ring (bicyclic) bond motifs is 9. The molecule has 0 atom stereocenters. The van der Waals surface area contributed by atoms with Crippen LogP contribution in [0.2, 0.25) is 0 Å². The molecule has 294 valence electrons. The molecule has 0 saturated carbocycles. The van der Waals surface area contributed by atoms with Gasteiger partial charge in [-0.2, -0.15) is 0 Å². The van der Waals surface area contributed by atoms with Gasteiger partial charge in [0.2, 0.25) is 0 Å². The van der Waals surface area contributed by atoms with Crippen molar-refractivity contribution in [2.75, 3.05) is 0 Å². The molecule has 0 radical (unpaired) electrons. The maximum atomic E-state index is 6.07. The third-order valence-electron chi connectivity index (χ3n) is 12.4. The van der Waals surface area contributed by atoms with E-state index in [9.17, 15) is 0 Å². The van der Waals surface area contributed by atoms with Gasteiger partial charge in [0.25, 0.3) is 0 Å². The highest BCUT2D eigenvalue weighted by atomic mass is 16.3. The smallest absolute Gasteiger partial charge is 0.153 e. The molecule has 6 heteroatoms. The Morgan fingerprint density at radius 1 is 0.365 bits per heavy atom. The minimum atomic E-state index is 0.785. The summed E-state index contributed by atoms with van der Waals surface area (Å²) in [5, 5.41) is 5.73. The van der Waals surface area contributed by atoms with E-state index in [0.29, 0.717) is 0 Å². The number of pyridine rings is 3. The lowest BCUT2D eigenvalue weighted by atomic mass is 10.0. The second-order valence-electron chi connectivity index (χ2n) is 16.1. The molecule has 0 saturated heterocycles. The van der Waals surface area contributed by atoms with E-state index in [1.165, 1.54) is 21.5 Å². The van der Waals surface area contributed by atoms with Crippen LogP contribution in [0.3, 0.4) is 0 Å². The maximum Gasteiger partial charge on any atom is 0.153 e. The number of rotatable bonds is 6. The van der Waals surface area contributed by atoms with Crippen LogP contribution in [0.5, 0.6) is 0 Å². The molecule has 0 fully saturated rings. The standard InChI is InChI=1S/C57H35N5O/c1-3-12-36(13-4-1)41-32-49(37-14-5-2-6-15-37)60-56(33-41)62-51-19-10-8-17-45(51)47-30-39(22-25-53(47)62)38-21-24-52-46(29-38)44-16-7-9-18-50(44)61(52)43-28-42(34-58-35-43)40-23-26-54-48(31-40)57-55(63-54)20-11-27-59-57/h1-35H. The zero-order chi connectivity index (χ0) is 41.4. The molecular formula is C57H35N5O. The summed E-state index contributed by atoms with van der Waals surface area (Å²) >= 11 is 0. The molecular weight excluding hydrogens is 771 g/mol. The van der Waals surface area contributed by atoms with Crippen molar-refractivity contribution in [2.45, 2.75) is 0 Å². The van der Waals surface area contributed by atoms with Crippen LogP contribution in [0, 0.1) is 0 Å². The van der Waals surface area contributed by atoms with Gasteiger partial charge in [0.1, 0.15) is 16.9 Å². The van der Waals surface area contributed by atoms with Gasteiger partial charge in [-0.3, -0.25) is 14.5 Å². The first-order valence-electron chi connectivity index (χ1n) is 21.2. The van der Waals surface area contributed by atoms with E-state index in [-0.39, 0.29) is 0 Å². The van der Waals surface area contributed by atoms with E-state index < -0.39 is 0 Å². The van der Waals surface area contributed by atoms with Gasteiger partial charge < -0.3 is 8.98 Å². The van der Waals surface area contributed by atoms with E-state index in [2.05, 4.69) is 184 Å². The van der Waals surface area contributed by atoms with Crippen LogP contribution >= 0.6 is 0 Å². The predicted molar refractivity (Wildman–Crippen MR) is 258 cm³/mol. The summed E-state index contributed by atoms with van der Waals surface area (Å²) in [6, 6.07) is 68.8. The molecule has 13 rings (SSSR count). The normalized spacial score (nSPS) is 11.8. The average Bonchev–Trinajstić information content (AvgIpc) is 4.01. The summed E-state index contributed by atoms with van der Waals surface area (Å²) in [6.45, 7) is 0. The summed E-state index contributed by atoms with van der Waals surface area (Å²) in [4.78, 5) is 14.7. The van der Waals surface area contributed by atoms with Crippen molar-refractivity contribution < 1.29 is 4.42 Å². The lowest BCUT2D eigenvalue weighted by Gasteiger charge is -2.13. The first-order valence-corrected chi connectivity index (χ1v) is 21.2. The van der Waals surface area contributed by atoms with Gasteiger partial charge in [-0.1, -0.05) is 115 Å². The quantitative estimate of drug-likeness (QED) is 0.168. The van der Waals surface area contributed by atoms with Crippen LogP contribution in [0.15, 0.2) is 217 Å². The molecule has 13 aromatic rings.